The van der Waals surface area contributed by atoms with Crippen molar-refractivity contribution < 1.29 is 22.4 Å². The topological polar surface area (TPSA) is 20.3 Å². The van der Waals surface area contributed by atoms with Gasteiger partial charge in [-0.1, -0.05) is 36.8 Å². The number of likely N-dealkylation sites (tertiary alicyclic amines) is 1. The second kappa shape index (κ2) is 8.11. The first-order chi connectivity index (χ1) is 12.8. The summed E-state index contributed by atoms with van der Waals surface area (Å²) in [7, 11) is 0. The molecule has 2 nitrogen and oxygen atoms in total. The maximum absolute atomic E-state index is 13.2. The van der Waals surface area contributed by atoms with Crippen LogP contribution in [0, 0.1) is 5.82 Å². The number of carbonyl (C=O) groups excluding carboxylic acids is 1. The standard InChI is InChI=1S/C21H21F4NO/c22-19-9-7-16(8-10-19)17-5-1-2-11-26(14-17)20(27)13-15-4-3-6-18(12-15)21(23,24)25/h3-4,6-10,12,17H,1-2,5,11,13-14H2. The van der Waals surface area contributed by atoms with Crippen LogP contribution in [-0.4, -0.2) is 23.9 Å². The van der Waals surface area contributed by atoms with E-state index in [4.69, 9.17) is 0 Å². The van der Waals surface area contributed by atoms with E-state index in [1.165, 1.54) is 18.2 Å². The molecule has 0 aromatic heterocycles. The van der Waals surface area contributed by atoms with Crippen molar-refractivity contribution in [1.82, 2.24) is 4.90 Å². The predicted molar refractivity (Wildman–Crippen MR) is 94.7 cm³/mol. The molecule has 2 aromatic rings. The fourth-order valence-corrected chi connectivity index (χ4v) is 3.52. The molecule has 1 unspecified atom stereocenters. The maximum Gasteiger partial charge on any atom is 0.416 e. The van der Waals surface area contributed by atoms with E-state index in [1.807, 2.05) is 0 Å². The summed E-state index contributed by atoms with van der Waals surface area (Å²) in [6, 6.07) is 11.2. The van der Waals surface area contributed by atoms with Gasteiger partial charge in [-0.05, 0) is 42.2 Å². The molecule has 0 bridgehead atoms. The number of hydrogen-bond donors (Lipinski definition) is 0. The lowest BCUT2D eigenvalue weighted by Gasteiger charge is -2.25. The molecule has 0 saturated carbocycles. The summed E-state index contributed by atoms with van der Waals surface area (Å²) in [6.45, 7) is 1.10. The minimum absolute atomic E-state index is 0.0555. The molecule has 0 N–H and O–H groups in total. The third-order valence-corrected chi connectivity index (χ3v) is 4.98. The number of carbonyl (C=O) groups is 1. The van der Waals surface area contributed by atoms with Crippen molar-refractivity contribution in [2.24, 2.45) is 0 Å². The van der Waals surface area contributed by atoms with E-state index >= 15 is 0 Å². The van der Waals surface area contributed by atoms with E-state index in [0.29, 0.717) is 18.7 Å². The highest BCUT2D eigenvalue weighted by molar-refractivity contribution is 5.79. The molecule has 6 heteroatoms. The van der Waals surface area contributed by atoms with Gasteiger partial charge >= 0.3 is 6.18 Å². The van der Waals surface area contributed by atoms with Crippen LogP contribution in [0.25, 0.3) is 0 Å². The van der Waals surface area contributed by atoms with Crippen LogP contribution >= 0.6 is 0 Å². The Bertz CT molecular complexity index is 786. The molecule has 0 spiro atoms. The van der Waals surface area contributed by atoms with Gasteiger partial charge in [-0.25, -0.2) is 4.39 Å². The maximum atomic E-state index is 13.2. The zero-order valence-electron chi connectivity index (χ0n) is 14.8. The molecule has 1 aliphatic rings. The Hall–Kier alpha value is -2.37. The summed E-state index contributed by atoms with van der Waals surface area (Å²) in [6.07, 6.45) is -1.77. The number of halogens is 4. The second-order valence-electron chi connectivity index (χ2n) is 6.96. The molecule has 1 aliphatic heterocycles. The number of alkyl halides is 3. The molecule has 144 valence electrons. The molecule has 1 fully saturated rings. The second-order valence-corrected chi connectivity index (χ2v) is 6.96. The Morgan fingerprint density at radius 1 is 1.07 bits per heavy atom. The molecule has 3 rings (SSSR count). The highest BCUT2D eigenvalue weighted by Crippen LogP contribution is 2.30. The molecular weight excluding hydrogens is 358 g/mol. The van der Waals surface area contributed by atoms with Crippen LogP contribution in [0.5, 0.6) is 0 Å². The lowest BCUT2D eigenvalue weighted by molar-refractivity contribution is -0.138. The first kappa shape index (κ1) is 19.4. The SMILES string of the molecule is O=C(Cc1cccc(C(F)(F)F)c1)N1CCCCC(c2ccc(F)cc2)C1. The van der Waals surface area contributed by atoms with Gasteiger partial charge in [0.05, 0.1) is 12.0 Å². The number of rotatable bonds is 3. The summed E-state index contributed by atoms with van der Waals surface area (Å²) in [5, 5.41) is 0. The Morgan fingerprint density at radius 3 is 2.52 bits per heavy atom. The minimum Gasteiger partial charge on any atom is -0.342 e. The zero-order chi connectivity index (χ0) is 19.4. The molecule has 1 amide bonds. The van der Waals surface area contributed by atoms with Crippen molar-refractivity contribution in [2.45, 2.75) is 37.8 Å². The third-order valence-electron chi connectivity index (χ3n) is 4.98. The Balaban J connectivity index is 1.71. The van der Waals surface area contributed by atoms with Gasteiger partial charge in [-0.15, -0.1) is 0 Å². The van der Waals surface area contributed by atoms with Gasteiger partial charge < -0.3 is 4.90 Å². The monoisotopic (exact) mass is 379 g/mol. The van der Waals surface area contributed by atoms with Gasteiger partial charge in [0.1, 0.15) is 5.82 Å². The van der Waals surface area contributed by atoms with Crippen LogP contribution in [-0.2, 0) is 17.4 Å². The summed E-state index contributed by atoms with van der Waals surface area (Å²) in [4.78, 5) is 14.4. The average molecular weight is 379 g/mol. The summed E-state index contributed by atoms with van der Waals surface area (Å²) >= 11 is 0. The smallest absolute Gasteiger partial charge is 0.342 e. The van der Waals surface area contributed by atoms with E-state index in [1.54, 1.807) is 23.1 Å². The highest BCUT2D eigenvalue weighted by atomic mass is 19.4. The van der Waals surface area contributed by atoms with E-state index in [0.717, 1.165) is 37.0 Å². The lowest BCUT2D eigenvalue weighted by Crippen LogP contribution is -2.35. The first-order valence-corrected chi connectivity index (χ1v) is 9.02. The van der Waals surface area contributed by atoms with Crippen LogP contribution in [0.15, 0.2) is 48.5 Å². The predicted octanol–water partition coefficient (Wildman–Crippen LogP) is 5.18. The fourth-order valence-electron chi connectivity index (χ4n) is 3.52. The van der Waals surface area contributed by atoms with Crippen molar-refractivity contribution in [2.75, 3.05) is 13.1 Å². The molecular formula is C21H21F4NO. The minimum atomic E-state index is -4.42. The number of nitrogens with zero attached hydrogens (tertiary/aromatic N) is 1. The Morgan fingerprint density at radius 2 is 1.81 bits per heavy atom. The molecule has 2 aromatic carbocycles. The van der Waals surface area contributed by atoms with E-state index in [2.05, 4.69) is 0 Å². The van der Waals surface area contributed by atoms with Gasteiger partial charge in [0.15, 0.2) is 0 Å². The van der Waals surface area contributed by atoms with Crippen LogP contribution in [0.3, 0.4) is 0 Å². The quantitative estimate of drug-likeness (QED) is 0.673. The van der Waals surface area contributed by atoms with Crippen LogP contribution < -0.4 is 0 Å². The number of amides is 1. The van der Waals surface area contributed by atoms with Crippen molar-refractivity contribution in [1.29, 1.82) is 0 Å². The highest BCUT2D eigenvalue weighted by Gasteiger charge is 2.31. The van der Waals surface area contributed by atoms with Gasteiger partial charge in [0.2, 0.25) is 5.91 Å². The van der Waals surface area contributed by atoms with E-state index in [9.17, 15) is 22.4 Å². The molecule has 1 heterocycles. The zero-order valence-corrected chi connectivity index (χ0v) is 14.8. The van der Waals surface area contributed by atoms with Crippen molar-refractivity contribution in [3.05, 3.63) is 71.0 Å². The molecule has 0 radical (unpaired) electrons. The first-order valence-electron chi connectivity index (χ1n) is 9.02. The van der Waals surface area contributed by atoms with Gasteiger partial charge in [-0.2, -0.15) is 13.2 Å². The molecule has 27 heavy (non-hydrogen) atoms. The Labute approximate surface area is 155 Å². The third kappa shape index (κ3) is 5.08. The molecule has 0 aliphatic carbocycles. The number of hydrogen-bond acceptors (Lipinski definition) is 1. The van der Waals surface area contributed by atoms with Crippen LogP contribution in [0.4, 0.5) is 17.6 Å². The van der Waals surface area contributed by atoms with Crippen molar-refractivity contribution >= 4 is 5.91 Å². The van der Waals surface area contributed by atoms with Gasteiger partial charge in [-0.3, -0.25) is 4.79 Å². The van der Waals surface area contributed by atoms with Crippen LogP contribution in [0.1, 0.15) is 41.9 Å². The largest absolute Gasteiger partial charge is 0.416 e. The average Bonchev–Trinajstić information content (AvgIpc) is 2.88. The van der Waals surface area contributed by atoms with Crippen molar-refractivity contribution in [3.63, 3.8) is 0 Å². The molecule has 1 saturated heterocycles. The fraction of sp³-hybridized carbons (Fsp3) is 0.381. The Kier molecular flexibility index (Phi) is 5.82. The van der Waals surface area contributed by atoms with E-state index in [-0.39, 0.29) is 24.1 Å². The summed E-state index contributed by atoms with van der Waals surface area (Å²) in [5.41, 5.74) is 0.598. The van der Waals surface area contributed by atoms with Gasteiger partial charge in [0, 0.05) is 19.0 Å². The summed E-state index contributed by atoms with van der Waals surface area (Å²) < 4.78 is 51.7. The lowest BCUT2D eigenvalue weighted by atomic mass is 9.94. The molecule has 1 atom stereocenters. The van der Waals surface area contributed by atoms with E-state index < -0.39 is 11.7 Å². The number of benzene rings is 2. The van der Waals surface area contributed by atoms with Gasteiger partial charge in [0.25, 0.3) is 0 Å². The summed E-state index contributed by atoms with van der Waals surface area (Å²) in [5.74, 6) is -0.369. The van der Waals surface area contributed by atoms with Crippen molar-refractivity contribution in [3.8, 4) is 0 Å². The van der Waals surface area contributed by atoms with Crippen LogP contribution in [0.2, 0.25) is 0 Å². The normalized spacial score (nSPS) is 18.2.